The molecule has 1 heterocycles. The summed E-state index contributed by atoms with van der Waals surface area (Å²) < 4.78 is 0. The normalized spacial score (nSPS) is 18.2. The van der Waals surface area contributed by atoms with Crippen LogP contribution in [0, 0.1) is 0 Å². The van der Waals surface area contributed by atoms with Crippen molar-refractivity contribution in [3.63, 3.8) is 0 Å². The fraction of sp³-hybridized carbons (Fsp3) is 0.900. The molecule has 3 N–H and O–H groups in total. The largest absolute Gasteiger partial charge is 0.338 e. The lowest BCUT2D eigenvalue weighted by Gasteiger charge is -2.44. The quantitative estimate of drug-likeness (QED) is 0.707. The SMILES string of the molecule is CCC(CC)(CN)N1CCCNC1=O. The van der Waals surface area contributed by atoms with Gasteiger partial charge in [0.2, 0.25) is 0 Å². The van der Waals surface area contributed by atoms with Crippen molar-refractivity contribution >= 4 is 6.03 Å². The van der Waals surface area contributed by atoms with Gasteiger partial charge >= 0.3 is 6.03 Å². The summed E-state index contributed by atoms with van der Waals surface area (Å²) in [5, 5.41) is 2.87. The van der Waals surface area contributed by atoms with Gasteiger partial charge in [0.1, 0.15) is 0 Å². The molecule has 0 aliphatic carbocycles. The molecule has 1 rings (SSSR count). The molecule has 4 heteroatoms. The van der Waals surface area contributed by atoms with Crippen LogP contribution in [0.5, 0.6) is 0 Å². The molecule has 1 aliphatic rings. The van der Waals surface area contributed by atoms with Crippen molar-refractivity contribution in [3.05, 3.63) is 0 Å². The molecule has 0 bridgehead atoms. The molecule has 1 fully saturated rings. The van der Waals surface area contributed by atoms with Crippen molar-refractivity contribution < 1.29 is 4.79 Å². The Morgan fingerprint density at radius 3 is 2.57 bits per heavy atom. The van der Waals surface area contributed by atoms with Crippen LogP contribution in [0.1, 0.15) is 33.1 Å². The average molecular weight is 199 g/mol. The van der Waals surface area contributed by atoms with Gasteiger partial charge in [-0.1, -0.05) is 13.8 Å². The molecule has 0 aromatic rings. The summed E-state index contributed by atoms with van der Waals surface area (Å²) in [5.74, 6) is 0. The van der Waals surface area contributed by atoms with Gasteiger partial charge in [0, 0.05) is 19.6 Å². The molecular formula is C10H21N3O. The molecule has 0 aromatic heterocycles. The van der Waals surface area contributed by atoms with E-state index in [-0.39, 0.29) is 11.6 Å². The fourth-order valence-electron chi connectivity index (χ4n) is 2.11. The number of urea groups is 1. The number of hydrogen-bond donors (Lipinski definition) is 2. The van der Waals surface area contributed by atoms with Crippen LogP contribution in [0.25, 0.3) is 0 Å². The fourth-order valence-corrected chi connectivity index (χ4v) is 2.11. The Balaban J connectivity index is 2.79. The van der Waals surface area contributed by atoms with E-state index in [1.165, 1.54) is 0 Å². The minimum Gasteiger partial charge on any atom is -0.338 e. The zero-order valence-corrected chi connectivity index (χ0v) is 9.18. The highest BCUT2D eigenvalue weighted by Gasteiger charge is 2.36. The summed E-state index contributed by atoms with van der Waals surface area (Å²) in [5.41, 5.74) is 5.67. The summed E-state index contributed by atoms with van der Waals surface area (Å²) in [6, 6.07) is 0.0467. The van der Waals surface area contributed by atoms with Crippen LogP contribution in [0.15, 0.2) is 0 Å². The molecule has 1 aliphatic heterocycles. The maximum absolute atomic E-state index is 11.7. The number of rotatable bonds is 4. The van der Waals surface area contributed by atoms with Crippen LogP contribution in [0.3, 0.4) is 0 Å². The van der Waals surface area contributed by atoms with Gasteiger partial charge in [-0.15, -0.1) is 0 Å². The van der Waals surface area contributed by atoms with Gasteiger partial charge in [-0.2, -0.15) is 0 Å². The maximum Gasteiger partial charge on any atom is 0.317 e. The molecular weight excluding hydrogens is 178 g/mol. The molecule has 0 atom stereocenters. The lowest BCUT2D eigenvalue weighted by molar-refractivity contribution is 0.0965. The zero-order chi connectivity index (χ0) is 10.6. The zero-order valence-electron chi connectivity index (χ0n) is 9.18. The van der Waals surface area contributed by atoms with Gasteiger partial charge in [0.25, 0.3) is 0 Å². The smallest absolute Gasteiger partial charge is 0.317 e. The monoisotopic (exact) mass is 199 g/mol. The van der Waals surface area contributed by atoms with Crippen molar-refractivity contribution in [2.75, 3.05) is 19.6 Å². The van der Waals surface area contributed by atoms with E-state index in [0.29, 0.717) is 6.54 Å². The topological polar surface area (TPSA) is 58.4 Å². The first-order valence-corrected chi connectivity index (χ1v) is 5.45. The van der Waals surface area contributed by atoms with Crippen molar-refractivity contribution in [1.29, 1.82) is 0 Å². The Morgan fingerprint density at radius 1 is 1.50 bits per heavy atom. The van der Waals surface area contributed by atoms with Gasteiger partial charge < -0.3 is 16.0 Å². The highest BCUT2D eigenvalue weighted by atomic mass is 16.2. The Kier molecular flexibility index (Phi) is 3.75. The van der Waals surface area contributed by atoms with Crippen LogP contribution in [0.2, 0.25) is 0 Å². The summed E-state index contributed by atoms with van der Waals surface area (Å²) in [7, 11) is 0. The minimum absolute atomic E-state index is 0.0467. The van der Waals surface area contributed by atoms with Crippen molar-refractivity contribution in [1.82, 2.24) is 10.2 Å². The van der Waals surface area contributed by atoms with Crippen LogP contribution < -0.4 is 11.1 Å². The first-order valence-electron chi connectivity index (χ1n) is 5.45. The molecule has 82 valence electrons. The van der Waals surface area contributed by atoms with E-state index >= 15 is 0 Å². The van der Waals surface area contributed by atoms with Crippen LogP contribution in [-0.4, -0.2) is 36.1 Å². The second-order valence-corrected chi connectivity index (χ2v) is 3.87. The van der Waals surface area contributed by atoms with Crippen LogP contribution in [-0.2, 0) is 0 Å². The summed E-state index contributed by atoms with van der Waals surface area (Å²) in [6.07, 6.45) is 2.87. The standard InChI is InChI=1S/C10H21N3O/c1-3-10(4-2,8-11)13-7-5-6-12-9(13)14/h3-8,11H2,1-2H3,(H,12,14). The molecule has 0 saturated carbocycles. The van der Waals surface area contributed by atoms with Crippen molar-refractivity contribution in [3.8, 4) is 0 Å². The Labute approximate surface area is 85.8 Å². The van der Waals surface area contributed by atoms with E-state index < -0.39 is 0 Å². The van der Waals surface area contributed by atoms with E-state index in [9.17, 15) is 4.79 Å². The van der Waals surface area contributed by atoms with Crippen molar-refractivity contribution in [2.24, 2.45) is 5.73 Å². The predicted octanol–water partition coefficient (Wildman–Crippen LogP) is 0.919. The van der Waals surface area contributed by atoms with Gasteiger partial charge in [0.05, 0.1) is 5.54 Å². The third-order valence-corrected chi connectivity index (χ3v) is 3.35. The molecule has 0 spiro atoms. The number of nitrogens with one attached hydrogen (secondary N) is 1. The molecule has 0 unspecified atom stereocenters. The first kappa shape index (κ1) is 11.3. The highest BCUT2D eigenvalue weighted by Crippen LogP contribution is 2.24. The second kappa shape index (κ2) is 4.64. The van der Waals surface area contributed by atoms with Gasteiger partial charge in [-0.25, -0.2) is 4.79 Å². The van der Waals surface area contributed by atoms with E-state index in [2.05, 4.69) is 19.2 Å². The van der Waals surface area contributed by atoms with Crippen molar-refractivity contribution in [2.45, 2.75) is 38.6 Å². The number of hydrogen-bond acceptors (Lipinski definition) is 2. The van der Waals surface area contributed by atoms with E-state index in [1.807, 2.05) is 4.90 Å². The van der Waals surface area contributed by atoms with Crippen LogP contribution >= 0.6 is 0 Å². The maximum atomic E-state index is 11.7. The third-order valence-electron chi connectivity index (χ3n) is 3.35. The predicted molar refractivity (Wildman–Crippen MR) is 57.1 cm³/mol. The molecule has 4 nitrogen and oxygen atoms in total. The number of carbonyl (C=O) groups is 1. The Morgan fingerprint density at radius 2 is 2.14 bits per heavy atom. The molecule has 0 aromatic carbocycles. The average Bonchev–Trinajstić information content (AvgIpc) is 2.24. The van der Waals surface area contributed by atoms with Gasteiger partial charge in [0.15, 0.2) is 0 Å². The summed E-state index contributed by atoms with van der Waals surface area (Å²) >= 11 is 0. The molecule has 2 amide bonds. The molecule has 0 radical (unpaired) electrons. The minimum atomic E-state index is -0.134. The van der Waals surface area contributed by atoms with Gasteiger partial charge in [-0.3, -0.25) is 0 Å². The summed E-state index contributed by atoms with van der Waals surface area (Å²) in [4.78, 5) is 13.6. The number of carbonyl (C=O) groups excluding carboxylic acids is 1. The number of nitrogens with zero attached hydrogens (tertiary/aromatic N) is 1. The lowest BCUT2D eigenvalue weighted by Crippen LogP contribution is -2.61. The molecule has 14 heavy (non-hydrogen) atoms. The van der Waals surface area contributed by atoms with E-state index in [1.54, 1.807) is 0 Å². The summed E-state index contributed by atoms with van der Waals surface area (Å²) in [6.45, 7) is 6.37. The van der Waals surface area contributed by atoms with Crippen LogP contribution in [0.4, 0.5) is 4.79 Å². The Bertz CT molecular complexity index is 193. The number of amides is 2. The lowest BCUT2D eigenvalue weighted by atomic mass is 9.90. The van der Waals surface area contributed by atoms with Gasteiger partial charge in [-0.05, 0) is 19.3 Å². The second-order valence-electron chi connectivity index (χ2n) is 3.87. The highest BCUT2D eigenvalue weighted by molar-refractivity contribution is 5.75. The van der Waals surface area contributed by atoms with E-state index in [4.69, 9.17) is 5.73 Å². The van der Waals surface area contributed by atoms with E-state index in [0.717, 1.165) is 32.4 Å². The first-order chi connectivity index (χ1) is 6.70. The number of nitrogens with two attached hydrogens (primary N) is 1. The molecule has 1 saturated heterocycles. The Hall–Kier alpha value is -0.770. The third kappa shape index (κ3) is 1.85.